The predicted octanol–water partition coefficient (Wildman–Crippen LogP) is 3.52. The zero-order valence-corrected chi connectivity index (χ0v) is 17.4. The molecule has 0 unspecified atom stereocenters. The van der Waals surface area contributed by atoms with Crippen LogP contribution in [-0.2, 0) is 21.2 Å². The van der Waals surface area contributed by atoms with Gasteiger partial charge in [0, 0.05) is 22.7 Å². The van der Waals surface area contributed by atoms with Gasteiger partial charge in [-0.15, -0.1) is 0 Å². The molecule has 2 aliphatic heterocycles. The quantitative estimate of drug-likeness (QED) is 0.739. The van der Waals surface area contributed by atoms with E-state index in [9.17, 15) is 13.2 Å². The minimum Gasteiger partial charge on any atom is -0.342 e. The Morgan fingerprint density at radius 3 is 2.56 bits per heavy atom. The van der Waals surface area contributed by atoms with Crippen LogP contribution in [0.15, 0.2) is 29.3 Å². The van der Waals surface area contributed by atoms with E-state index in [0.29, 0.717) is 16.7 Å². The molecule has 5 nitrogen and oxygen atoms in total. The molecule has 0 spiro atoms. The van der Waals surface area contributed by atoms with Crippen LogP contribution in [0.25, 0.3) is 0 Å². The minimum atomic E-state index is -3.03. The average molecular weight is 427 g/mol. The molecule has 2 heterocycles. The van der Waals surface area contributed by atoms with E-state index < -0.39 is 9.84 Å². The molecule has 0 radical (unpaired) electrons. The van der Waals surface area contributed by atoms with Crippen LogP contribution in [0.2, 0.25) is 5.02 Å². The number of amides is 1. The number of hydrogen-bond donors (Lipinski definition) is 0. The van der Waals surface area contributed by atoms with Gasteiger partial charge in [-0.1, -0.05) is 54.8 Å². The van der Waals surface area contributed by atoms with Crippen molar-refractivity contribution in [3.05, 3.63) is 34.9 Å². The second-order valence-corrected chi connectivity index (χ2v) is 11.4. The molecule has 1 aliphatic carbocycles. The number of fused-ring (bicyclic) bond motifs is 1. The highest BCUT2D eigenvalue weighted by atomic mass is 35.5. The number of aliphatic imine (C=N–C) groups is 1. The lowest BCUT2D eigenvalue weighted by Gasteiger charge is -2.25. The Morgan fingerprint density at radius 1 is 1.15 bits per heavy atom. The lowest BCUT2D eigenvalue weighted by atomic mass is 9.89. The number of nitrogens with zero attached hydrogens (tertiary/aromatic N) is 2. The highest BCUT2D eigenvalue weighted by Crippen LogP contribution is 2.39. The summed E-state index contributed by atoms with van der Waals surface area (Å²) in [6, 6.07) is 7.41. The minimum absolute atomic E-state index is 0.0217. The van der Waals surface area contributed by atoms with Gasteiger partial charge in [-0.25, -0.2) is 8.42 Å². The lowest BCUT2D eigenvalue weighted by molar-refractivity contribution is -0.122. The number of rotatable bonds is 3. The van der Waals surface area contributed by atoms with E-state index in [2.05, 4.69) is 4.99 Å². The summed E-state index contributed by atoms with van der Waals surface area (Å²) < 4.78 is 24.2. The molecule has 146 valence electrons. The fraction of sp³-hybridized carbons (Fsp3) is 0.579. The monoisotopic (exact) mass is 426 g/mol. The number of benzene rings is 1. The van der Waals surface area contributed by atoms with E-state index in [1.807, 2.05) is 29.2 Å². The molecule has 1 aromatic rings. The van der Waals surface area contributed by atoms with Gasteiger partial charge in [0.15, 0.2) is 15.0 Å². The molecule has 27 heavy (non-hydrogen) atoms. The van der Waals surface area contributed by atoms with Crippen molar-refractivity contribution in [1.82, 2.24) is 4.90 Å². The van der Waals surface area contributed by atoms with Gasteiger partial charge in [-0.3, -0.25) is 4.79 Å². The Kier molecular flexibility index (Phi) is 5.54. The summed E-state index contributed by atoms with van der Waals surface area (Å²) in [6.45, 7) is 0.539. The molecule has 0 bridgehead atoms. The molecule has 0 aromatic heterocycles. The third kappa shape index (κ3) is 4.35. The van der Waals surface area contributed by atoms with Gasteiger partial charge in [0.2, 0.25) is 0 Å². The van der Waals surface area contributed by atoms with Crippen LogP contribution in [0.4, 0.5) is 0 Å². The van der Waals surface area contributed by atoms with E-state index in [0.717, 1.165) is 31.2 Å². The largest absolute Gasteiger partial charge is 0.342 e. The lowest BCUT2D eigenvalue weighted by Crippen LogP contribution is -2.37. The predicted molar refractivity (Wildman–Crippen MR) is 110 cm³/mol. The number of amidine groups is 1. The molecule has 3 fully saturated rings. The fourth-order valence-electron chi connectivity index (χ4n) is 4.14. The average Bonchev–Trinajstić information content (AvgIpc) is 3.10. The smallest absolute Gasteiger partial charge is 0.251 e. The molecule has 2 atom stereocenters. The van der Waals surface area contributed by atoms with Crippen LogP contribution in [0.1, 0.15) is 37.7 Å². The van der Waals surface area contributed by atoms with Crippen molar-refractivity contribution in [1.29, 1.82) is 0 Å². The molecule has 2 saturated heterocycles. The van der Waals surface area contributed by atoms with Crippen molar-refractivity contribution < 1.29 is 13.2 Å². The molecular formula is C19H23ClN2O3S2. The van der Waals surface area contributed by atoms with Crippen molar-refractivity contribution in [3.63, 3.8) is 0 Å². The molecule has 8 heteroatoms. The summed E-state index contributed by atoms with van der Waals surface area (Å²) in [5.41, 5.74) is 1.03. The van der Waals surface area contributed by atoms with Gasteiger partial charge in [-0.2, -0.15) is 4.99 Å². The first-order chi connectivity index (χ1) is 12.9. The zero-order valence-electron chi connectivity index (χ0n) is 15.0. The van der Waals surface area contributed by atoms with Crippen molar-refractivity contribution in [3.8, 4) is 0 Å². The first-order valence-corrected chi connectivity index (χ1v) is 12.5. The molecule has 0 N–H and O–H groups in total. The molecule has 4 rings (SSSR count). The topological polar surface area (TPSA) is 66.8 Å². The van der Waals surface area contributed by atoms with E-state index in [4.69, 9.17) is 11.6 Å². The number of carbonyl (C=O) groups is 1. The molecule has 1 aromatic carbocycles. The maximum atomic E-state index is 12.7. The fourth-order valence-corrected chi connectivity index (χ4v) is 8.22. The van der Waals surface area contributed by atoms with Crippen molar-refractivity contribution in [2.45, 2.75) is 49.9 Å². The Hall–Kier alpha value is -1.05. The second kappa shape index (κ2) is 7.76. The van der Waals surface area contributed by atoms with Crippen LogP contribution >= 0.6 is 23.4 Å². The Labute approximate surface area is 169 Å². The van der Waals surface area contributed by atoms with Crippen molar-refractivity contribution >= 4 is 44.3 Å². The van der Waals surface area contributed by atoms with Crippen LogP contribution in [0.3, 0.4) is 0 Å². The highest BCUT2D eigenvalue weighted by Gasteiger charge is 2.48. The third-order valence-electron chi connectivity index (χ3n) is 5.60. The van der Waals surface area contributed by atoms with Gasteiger partial charge < -0.3 is 4.90 Å². The molecular weight excluding hydrogens is 404 g/mol. The van der Waals surface area contributed by atoms with Gasteiger partial charge in [0.05, 0.1) is 17.5 Å². The number of halogens is 1. The van der Waals surface area contributed by atoms with E-state index in [1.54, 1.807) is 0 Å². The van der Waals surface area contributed by atoms with Crippen LogP contribution < -0.4 is 0 Å². The van der Waals surface area contributed by atoms with Gasteiger partial charge in [0.25, 0.3) is 5.91 Å². The molecule has 3 aliphatic rings. The first kappa shape index (κ1) is 19.3. The van der Waals surface area contributed by atoms with Gasteiger partial charge >= 0.3 is 0 Å². The summed E-state index contributed by atoms with van der Waals surface area (Å²) in [4.78, 5) is 19.2. The van der Waals surface area contributed by atoms with Crippen molar-refractivity contribution in [2.24, 2.45) is 10.9 Å². The highest BCUT2D eigenvalue weighted by molar-refractivity contribution is 8.15. The molecule has 1 saturated carbocycles. The number of carbonyl (C=O) groups excluding carboxylic acids is 1. The summed E-state index contributed by atoms with van der Waals surface area (Å²) in [6.07, 6.45) is 5.20. The third-order valence-corrected chi connectivity index (χ3v) is 9.10. The summed E-state index contributed by atoms with van der Waals surface area (Å²) >= 11 is 7.43. The number of thioether (sulfide) groups is 1. The zero-order chi connectivity index (χ0) is 19.0. The van der Waals surface area contributed by atoms with Crippen LogP contribution in [-0.4, -0.2) is 47.2 Å². The van der Waals surface area contributed by atoms with Crippen molar-refractivity contribution in [2.75, 3.05) is 11.5 Å². The second-order valence-electron chi connectivity index (χ2n) is 7.62. The summed E-state index contributed by atoms with van der Waals surface area (Å²) in [7, 11) is -3.03. The summed E-state index contributed by atoms with van der Waals surface area (Å²) in [5.74, 6) is 0.278. The normalized spacial score (nSPS) is 29.2. The first-order valence-electron chi connectivity index (χ1n) is 9.42. The Balaban J connectivity index is 1.58. The Morgan fingerprint density at radius 2 is 1.85 bits per heavy atom. The van der Waals surface area contributed by atoms with Crippen LogP contribution in [0.5, 0.6) is 0 Å². The maximum absolute atomic E-state index is 12.7. The number of sulfone groups is 1. The van der Waals surface area contributed by atoms with Gasteiger partial charge in [0.1, 0.15) is 0 Å². The van der Waals surface area contributed by atoms with E-state index >= 15 is 0 Å². The SMILES string of the molecule is O=C(N=C1S[C@H]2CS(=O)(=O)C[C@@H]2N1Cc1ccc(Cl)cc1)C1CCCCC1. The van der Waals surface area contributed by atoms with E-state index in [-0.39, 0.29) is 34.6 Å². The number of hydrogen-bond acceptors (Lipinski definition) is 4. The maximum Gasteiger partial charge on any atom is 0.251 e. The van der Waals surface area contributed by atoms with Gasteiger partial charge in [-0.05, 0) is 30.5 Å². The Bertz CT molecular complexity index is 848. The molecule has 1 amide bonds. The summed E-state index contributed by atoms with van der Waals surface area (Å²) in [5, 5.41) is 1.31. The van der Waals surface area contributed by atoms with E-state index in [1.165, 1.54) is 18.2 Å². The van der Waals surface area contributed by atoms with Crippen LogP contribution in [0, 0.1) is 5.92 Å². The standard InChI is InChI=1S/C19H23ClN2O3S2/c20-15-8-6-13(7-9-15)10-22-16-11-27(24,25)12-17(16)26-19(22)21-18(23)14-4-2-1-3-5-14/h6-9,14,16-17H,1-5,10-12H2/t16-,17-/m0/s1.